The minimum Gasteiger partial charge on any atom is -0.248 e. The molecule has 0 amide bonds. The highest BCUT2D eigenvalue weighted by Crippen LogP contribution is 2.26. The first-order valence-electron chi connectivity index (χ1n) is 3.90. The largest absolute Gasteiger partial charge is 0.296 e. The van der Waals surface area contributed by atoms with Crippen molar-refractivity contribution < 1.29 is 8.42 Å². The SMILES string of the molecule is Cc1ccsc1-c1n[nH]c(S(=O)(=O)Cl)n1. The molecule has 0 atom stereocenters. The molecule has 15 heavy (non-hydrogen) atoms. The van der Waals surface area contributed by atoms with Crippen LogP contribution in [0.5, 0.6) is 0 Å². The first-order chi connectivity index (χ1) is 6.98. The Hall–Kier alpha value is -0.920. The molecule has 0 saturated heterocycles. The molecule has 0 aliphatic rings. The average molecular weight is 264 g/mol. The van der Waals surface area contributed by atoms with E-state index in [1.54, 1.807) is 0 Å². The van der Waals surface area contributed by atoms with Crippen molar-refractivity contribution in [2.24, 2.45) is 0 Å². The van der Waals surface area contributed by atoms with Gasteiger partial charge in [-0.3, -0.25) is 0 Å². The molecule has 5 nitrogen and oxygen atoms in total. The Balaban J connectivity index is 2.50. The van der Waals surface area contributed by atoms with Gasteiger partial charge in [0, 0.05) is 10.7 Å². The highest BCUT2D eigenvalue weighted by Gasteiger charge is 2.17. The fourth-order valence-corrected chi connectivity index (χ4v) is 2.48. The number of thiophene rings is 1. The maximum Gasteiger partial charge on any atom is 0.296 e. The summed E-state index contributed by atoms with van der Waals surface area (Å²) in [5, 5.41) is 7.64. The van der Waals surface area contributed by atoms with Crippen LogP contribution in [0.15, 0.2) is 16.6 Å². The second kappa shape index (κ2) is 3.58. The van der Waals surface area contributed by atoms with E-state index < -0.39 is 9.05 Å². The lowest BCUT2D eigenvalue weighted by molar-refractivity contribution is 0.602. The summed E-state index contributed by atoms with van der Waals surface area (Å²) in [6.45, 7) is 1.90. The van der Waals surface area contributed by atoms with Crippen molar-refractivity contribution in [2.75, 3.05) is 0 Å². The molecule has 0 bridgehead atoms. The van der Waals surface area contributed by atoms with E-state index in [0.29, 0.717) is 5.82 Å². The summed E-state index contributed by atoms with van der Waals surface area (Å²) in [7, 11) is 1.28. The van der Waals surface area contributed by atoms with Gasteiger partial charge < -0.3 is 0 Å². The fraction of sp³-hybridized carbons (Fsp3) is 0.143. The van der Waals surface area contributed by atoms with Crippen molar-refractivity contribution in [3.05, 3.63) is 17.0 Å². The Bertz CT molecular complexity index is 587. The van der Waals surface area contributed by atoms with Crippen LogP contribution in [0.25, 0.3) is 10.7 Å². The molecule has 0 fully saturated rings. The normalized spacial score (nSPS) is 11.9. The molecule has 0 aliphatic heterocycles. The van der Waals surface area contributed by atoms with E-state index in [2.05, 4.69) is 15.2 Å². The van der Waals surface area contributed by atoms with Crippen LogP contribution < -0.4 is 0 Å². The smallest absolute Gasteiger partial charge is 0.248 e. The molecule has 2 rings (SSSR count). The number of hydrogen-bond donors (Lipinski definition) is 1. The van der Waals surface area contributed by atoms with Crippen molar-refractivity contribution in [1.82, 2.24) is 15.2 Å². The minimum absolute atomic E-state index is 0.327. The predicted molar refractivity (Wildman–Crippen MR) is 57.5 cm³/mol. The summed E-state index contributed by atoms with van der Waals surface area (Å²) < 4.78 is 21.9. The molecule has 0 spiro atoms. The summed E-state index contributed by atoms with van der Waals surface area (Å²) in [5.74, 6) is 0.349. The van der Waals surface area contributed by atoms with Gasteiger partial charge >= 0.3 is 0 Å². The molecule has 2 aromatic heterocycles. The maximum absolute atomic E-state index is 10.9. The van der Waals surface area contributed by atoms with E-state index in [1.165, 1.54) is 11.3 Å². The van der Waals surface area contributed by atoms with Gasteiger partial charge in [0.1, 0.15) is 0 Å². The molecule has 0 aliphatic carbocycles. The number of rotatable bonds is 2. The number of nitrogens with one attached hydrogen (secondary N) is 1. The summed E-state index contributed by atoms with van der Waals surface area (Å²) in [5.41, 5.74) is 0.998. The van der Waals surface area contributed by atoms with Crippen LogP contribution in [0.1, 0.15) is 5.56 Å². The van der Waals surface area contributed by atoms with Crippen LogP contribution in [0.4, 0.5) is 0 Å². The molecule has 0 unspecified atom stereocenters. The third-order valence-electron chi connectivity index (χ3n) is 1.76. The number of aromatic amines is 1. The molecule has 0 aromatic carbocycles. The Labute approximate surface area is 94.5 Å². The predicted octanol–water partition coefficient (Wildman–Crippen LogP) is 1.77. The highest BCUT2D eigenvalue weighted by atomic mass is 35.7. The second-order valence-corrected chi connectivity index (χ2v) is 6.23. The van der Waals surface area contributed by atoms with Crippen LogP contribution in [0.2, 0.25) is 0 Å². The summed E-state index contributed by atoms with van der Waals surface area (Å²) >= 11 is 1.44. The Morgan fingerprint density at radius 2 is 2.27 bits per heavy atom. The van der Waals surface area contributed by atoms with E-state index in [0.717, 1.165) is 10.4 Å². The van der Waals surface area contributed by atoms with Crippen molar-refractivity contribution in [2.45, 2.75) is 12.1 Å². The summed E-state index contributed by atoms with van der Waals surface area (Å²) in [6, 6.07) is 1.91. The van der Waals surface area contributed by atoms with Gasteiger partial charge in [0.25, 0.3) is 14.2 Å². The molecule has 1 N–H and O–H groups in total. The van der Waals surface area contributed by atoms with Crippen molar-refractivity contribution in [1.29, 1.82) is 0 Å². The van der Waals surface area contributed by atoms with Crippen molar-refractivity contribution in [3.8, 4) is 10.7 Å². The first-order valence-corrected chi connectivity index (χ1v) is 7.09. The van der Waals surface area contributed by atoms with Gasteiger partial charge in [-0.05, 0) is 23.9 Å². The van der Waals surface area contributed by atoms with Crippen molar-refractivity contribution in [3.63, 3.8) is 0 Å². The van der Waals surface area contributed by atoms with E-state index in [-0.39, 0.29) is 5.16 Å². The molecule has 80 valence electrons. The quantitative estimate of drug-likeness (QED) is 0.838. The van der Waals surface area contributed by atoms with Gasteiger partial charge in [0.2, 0.25) is 0 Å². The minimum atomic E-state index is -3.84. The van der Waals surface area contributed by atoms with Gasteiger partial charge in [-0.1, -0.05) is 0 Å². The zero-order valence-electron chi connectivity index (χ0n) is 7.56. The van der Waals surface area contributed by atoms with Crippen LogP contribution >= 0.6 is 22.0 Å². The van der Waals surface area contributed by atoms with Crippen LogP contribution in [0, 0.1) is 6.92 Å². The number of aromatic nitrogens is 3. The molecule has 2 aromatic rings. The van der Waals surface area contributed by atoms with Gasteiger partial charge in [0.05, 0.1) is 4.88 Å². The molecular formula is C7H6ClN3O2S2. The van der Waals surface area contributed by atoms with E-state index in [1.807, 2.05) is 18.4 Å². The summed E-state index contributed by atoms with van der Waals surface area (Å²) in [6.07, 6.45) is 0. The number of aryl methyl sites for hydroxylation is 1. The first kappa shape index (κ1) is 10.6. The Morgan fingerprint density at radius 1 is 1.53 bits per heavy atom. The standard InChI is InChI=1S/C7H6ClN3O2S2/c1-4-2-3-14-5(4)6-9-7(11-10-6)15(8,12)13/h2-3H,1H3,(H,9,10,11). The zero-order chi connectivity index (χ0) is 11.1. The molecule has 0 radical (unpaired) electrons. The molecule has 8 heteroatoms. The highest BCUT2D eigenvalue weighted by molar-refractivity contribution is 8.13. The van der Waals surface area contributed by atoms with Crippen molar-refractivity contribution >= 4 is 31.1 Å². The monoisotopic (exact) mass is 263 g/mol. The molecular weight excluding hydrogens is 258 g/mol. The lowest BCUT2D eigenvalue weighted by atomic mass is 10.3. The average Bonchev–Trinajstić information content (AvgIpc) is 2.69. The number of hydrogen-bond acceptors (Lipinski definition) is 5. The lowest BCUT2D eigenvalue weighted by Crippen LogP contribution is -1.92. The Morgan fingerprint density at radius 3 is 2.73 bits per heavy atom. The van der Waals surface area contributed by atoms with Crippen LogP contribution in [0.3, 0.4) is 0 Å². The molecule has 0 saturated carbocycles. The molecule has 2 heterocycles. The maximum atomic E-state index is 10.9. The number of H-pyrrole nitrogens is 1. The van der Waals surface area contributed by atoms with Crippen LogP contribution in [-0.4, -0.2) is 23.6 Å². The number of nitrogens with zero attached hydrogens (tertiary/aromatic N) is 2. The Kier molecular flexibility index (Phi) is 2.53. The van der Waals surface area contributed by atoms with Gasteiger partial charge in [-0.2, -0.15) is 10.1 Å². The van der Waals surface area contributed by atoms with Gasteiger partial charge in [-0.25, -0.2) is 13.5 Å². The number of halogens is 1. The van der Waals surface area contributed by atoms with Gasteiger partial charge in [-0.15, -0.1) is 11.3 Å². The lowest BCUT2D eigenvalue weighted by Gasteiger charge is -1.89. The van der Waals surface area contributed by atoms with Crippen LogP contribution in [-0.2, 0) is 9.05 Å². The fourth-order valence-electron chi connectivity index (χ4n) is 1.06. The topological polar surface area (TPSA) is 75.7 Å². The van der Waals surface area contributed by atoms with E-state index >= 15 is 0 Å². The van der Waals surface area contributed by atoms with E-state index in [9.17, 15) is 8.42 Å². The summed E-state index contributed by atoms with van der Waals surface area (Å²) in [4.78, 5) is 4.64. The van der Waals surface area contributed by atoms with E-state index in [4.69, 9.17) is 10.7 Å². The zero-order valence-corrected chi connectivity index (χ0v) is 9.95. The second-order valence-electron chi connectivity index (χ2n) is 2.83. The third-order valence-corrected chi connectivity index (χ3v) is 3.86. The van der Waals surface area contributed by atoms with Gasteiger partial charge in [0.15, 0.2) is 5.82 Å². The third kappa shape index (κ3) is 2.04.